The molecule has 1 unspecified atom stereocenters. The second kappa shape index (κ2) is 8.19. The van der Waals surface area contributed by atoms with Crippen LogP contribution in [0.5, 0.6) is 0 Å². The molecular formula is C18H33NS. The van der Waals surface area contributed by atoms with Crippen LogP contribution in [0.4, 0.5) is 0 Å². The molecule has 0 aliphatic carbocycles. The molecular weight excluding hydrogens is 262 g/mol. The fourth-order valence-corrected chi connectivity index (χ4v) is 3.34. The minimum absolute atomic E-state index is 0.218. The van der Waals surface area contributed by atoms with Gasteiger partial charge >= 0.3 is 0 Å². The molecule has 0 amide bonds. The van der Waals surface area contributed by atoms with Crippen LogP contribution < -0.4 is 5.32 Å². The molecule has 0 saturated carbocycles. The van der Waals surface area contributed by atoms with Gasteiger partial charge in [0.1, 0.15) is 0 Å². The number of thiophene rings is 1. The lowest BCUT2D eigenvalue weighted by molar-refractivity contribution is 0.192. The van der Waals surface area contributed by atoms with Gasteiger partial charge in [-0.15, -0.1) is 11.3 Å². The van der Waals surface area contributed by atoms with Crippen LogP contribution >= 0.6 is 11.3 Å². The predicted octanol–water partition coefficient (Wildman–Crippen LogP) is 5.66. The average molecular weight is 296 g/mol. The summed E-state index contributed by atoms with van der Waals surface area (Å²) >= 11 is 1.90. The molecule has 1 N–H and O–H groups in total. The predicted molar refractivity (Wildman–Crippen MR) is 92.6 cm³/mol. The highest BCUT2D eigenvalue weighted by atomic mass is 32.1. The highest BCUT2D eigenvalue weighted by Gasteiger charge is 2.28. The molecule has 0 aromatic carbocycles. The Hall–Kier alpha value is -0.340. The fourth-order valence-electron chi connectivity index (χ4n) is 2.63. The van der Waals surface area contributed by atoms with E-state index in [0.29, 0.717) is 5.41 Å². The molecule has 1 atom stereocenters. The van der Waals surface area contributed by atoms with E-state index in [-0.39, 0.29) is 5.54 Å². The van der Waals surface area contributed by atoms with Crippen LogP contribution in [0.3, 0.4) is 0 Å². The van der Waals surface area contributed by atoms with Gasteiger partial charge in [-0.25, -0.2) is 0 Å². The standard InChI is InChI=1S/C18H33NS/c1-6-8-12-18(7-2,15-19-17(3,4)5)13-11-16-10-9-14-20-16/h9-10,14,19H,6-8,11-13,15H2,1-5H3. The van der Waals surface area contributed by atoms with Crippen LogP contribution in [-0.2, 0) is 6.42 Å². The lowest BCUT2D eigenvalue weighted by Gasteiger charge is -2.36. The smallest absolute Gasteiger partial charge is 0.00967 e. The van der Waals surface area contributed by atoms with Gasteiger partial charge in [-0.3, -0.25) is 0 Å². The molecule has 1 rings (SSSR count). The highest BCUT2D eigenvalue weighted by molar-refractivity contribution is 7.09. The molecule has 0 bridgehead atoms. The van der Waals surface area contributed by atoms with E-state index in [1.807, 2.05) is 11.3 Å². The summed E-state index contributed by atoms with van der Waals surface area (Å²) in [6.07, 6.45) is 7.84. The molecule has 116 valence electrons. The van der Waals surface area contributed by atoms with E-state index in [0.717, 1.165) is 6.54 Å². The van der Waals surface area contributed by atoms with E-state index in [2.05, 4.69) is 57.4 Å². The van der Waals surface area contributed by atoms with Crippen LogP contribution in [0.15, 0.2) is 17.5 Å². The summed E-state index contributed by atoms with van der Waals surface area (Å²) in [7, 11) is 0. The second-order valence-corrected chi connectivity index (χ2v) is 8.17. The first-order valence-electron chi connectivity index (χ1n) is 8.18. The van der Waals surface area contributed by atoms with Crippen LogP contribution in [0, 0.1) is 5.41 Å². The Balaban J connectivity index is 2.64. The zero-order chi connectivity index (χ0) is 15.1. The summed E-state index contributed by atoms with van der Waals surface area (Å²) < 4.78 is 0. The van der Waals surface area contributed by atoms with Crippen molar-refractivity contribution in [1.29, 1.82) is 0 Å². The Morgan fingerprint density at radius 1 is 1.15 bits per heavy atom. The van der Waals surface area contributed by atoms with Crippen LogP contribution in [0.1, 0.15) is 71.6 Å². The van der Waals surface area contributed by atoms with Crippen molar-refractivity contribution in [2.75, 3.05) is 6.54 Å². The Morgan fingerprint density at radius 3 is 2.40 bits per heavy atom. The quantitative estimate of drug-likeness (QED) is 0.620. The summed E-state index contributed by atoms with van der Waals surface area (Å²) in [6.45, 7) is 12.6. The van der Waals surface area contributed by atoms with Crippen molar-refractivity contribution in [1.82, 2.24) is 5.32 Å². The summed E-state index contributed by atoms with van der Waals surface area (Å²) in [6, 6.07) is 4.45. The van der Waals surface area contributed by atoms with Crippen LogP contribution in [0.25, 0.3) is 0 Å². The fraction of sp³-hybridized carbons (Fsp3) is 0.778. The number of aryl methyl sites for hydroxylation is 1. The van der Waals surface area contributed by atoms with E-state index in [9.17, 15) is 0 Å². The summed E-state index contributed by atoms with van der Waals surface area (Å²) in [5.74, 6) is 0. The third kappa shape index (κ3) is 6.41. The molecule has 2 heteroatoms. The zero-order valence-electron chi connectivity index (χ0n) is 14.1. The minimum atomic E-state index is 0.218. The van der Waals surface area contributed by atoms with Gasteiger partial charge in [-0.1, -0.05) is 32.8 Å². The first-order valence-corrected chi connectivity index (χ1v) is 9.06. The van der Waals surface area contributed by atoms with E-state index < -0.39 is 0 Å². The molecule has 1 heterocycles. The maximum absolute atomic E-state index is 3.76. The topological polar surface area (TPSA) is 12.0 Å². The largest absolute Gasteiger partial charge is 0.312 e. The molecule has 1 nitrogen and oxygen atoms in total. The SMILES string of the molecule is CCCCC(CC)(CCc1cccs1)CNC(C)(C)C. The summed E-state index contributed by atoms with van der Waals surface area (Å²) in [5.41, 5.74) is 0.683. The van der Waals surface area contributed by atoms with Gasteiger partial charge in [-0.05, 0) is 63.3 Å². The van der Waals surface area contributed by atoms with Crippen molar-refractivity contribution in [3.63, 3.8) is 0 Å². The molecule has 0 fully saturated rings. The van der Waals surface area contributed by atoms with Crippen LogP contribution in [0.2, 0.25) is 0 Å². The van der Waals surface area contributed by atoms with Crippen LogP contribution in [-0.4, -0.2) is 12.1 Å². The number of rotatable bonds is 9. The number of unbranched alkanes of at least 4 members (excludes halogenated alkanes) is 1. The van der Waals surface area contributed by atoms with Gasteiger partial charge in [0, 0.05) is 17.0 Å². The Morgan fingerprint density at radius 2 is 1.90 bits per heavy atom. The van der Waals surface area contributed by atoms with Gasteiger partial charge in [0.2, 0.25) is 0 Å². The molecule has 0 saturated heterocycles. The first-order chi connectivity index (χ1) is 9.41. The maximum Gasteiger partial charge on any atom is 0.00967 e. The van der Waals surface area contributed by atoms with E-state index >= 15 is 0 Å². The molecule has 0 spiro atoms. The molecule has 0 aliphatic rings. The normalized spacial score (nSPS) is 15.2. The van der Waals surface area contributed by atoms with Gasteiger partial charge in [-0.2, -0.15) is 0 Å². The van der Waals surface area contributed by atoms with Crippen molar-refractivity contribution in [3.05, 3.63) is 22.4 Å². The van der Waals surface area contributed by atoms with Crippen molar-refractivity contribution < 1.29 is 0 Å². The van der Waals surface area contributed by atoms with Crippen molar-refractivity contribution in [3.8, 4) is 0 Å². The maximum atomic E-state index is 3.76. The van der Waals surface area contributed by atoms with E-state index in [4.69, 9.17) is 0 Å². The molecule has 0 radical (unpaired) electrons. The Bertz CT molecular complexity index is 350. The minimum Gasteiger partial charge on any atom is -0.312 e. The third-order valence-electron chi connectivity index (χ3n) is 4.29. The first kappa shape index (κ1) is 17.7. The lowest BCUT2D eigenvalue weighted by atomic mass is 9.75. The zero-order valence-corrected chi connectivity index (χ0v) is 14.9. The summed E-state index contributed by atoms with van der Waals surface area (Å²) in [5, 5.41) is 5.95. The molecule has 1 aromatic heterocycles. The lowest BCUT2D eigenvalue weighted by Crippen LogP contribution is -2.44. The number of hydrogen-bond acceptors (Lipinski definition) is 2. The van der Waals surface area contributed by atoms with Gasteiger partial charge in [0.25, 0.3) is 0 Å². The number of hydrogen-bond donors (Lipinski definition) is 1. The van der Waals surface area contributed by atoms with Crippen molar-refractivity contribution >= 4 is 11.3 Å². The van der Waals surface area contributed by atoms with E-state index in [1.54, 1.807) is 0 Å². The van der Waals surface area contributed by atoms with Crippen molar-refractivity contribution in [2.24, 2.45) is 5.41 Å². The average Bonchev–Trinajstić information content (AvgIpc) is 2.91. The summed E-state index contributed by atoms with van der Waals surface area (Å²) in [4.78, 5) is 1.54. The molecule has 0 aliphatic heterocycles. The van der Waals surface area contributed by atoms with E-state index in [1.165, 1.54) is 43.4 Å². The monoisotopic (exact) mass is 295 g/mol. The second-order valence-electron chi connectivity index (χ2n) is 7.14. The van der Waals surface area contributed by atoms with Gasteiger partial charge < -0.3 is 5.32 Å². The Labute approximate surface area is 130 Å². The van der Waals surface area contributed by atoms with Crippen molar-refractivity contribution in [2.45, 2.75) is 78.7 Å². The molecule has 20 heavy (non-hydrogen) atoms. The Kier molecular flexibility index (Phi) is 7.25. The molecule has 1 aromatic rings. The van der Waals surface area contributed by atoms with Gasteiger partial charge in [0.05, 0.1) is 0 Å². The number of nitrogens with one attached hydrogen (secondary N) is 1. The highest BCUT2D eigenvalue weighted by Crippen LogP contribution is 2.34. The third-order valence-corrected chi connectivity index (χ3v) is 5.22. The van der Waals surface area contributed by atoms with Gasteiger partial charge in [0.15, 0.2) is 0 Å².